The van der Waals surface area contributed by atoms with Crippen molar-refractivity contribution in [3.05, 3.63) is 53.1 Å². The van der Waals surface area contributed by atoms with Crippen LogP contribution in [0.25, 0.3) is 0 Å². The summed E-state index contributed by atoms with van der Waals surface area (Å²) in [7, 11) is 3.58. The molecule has 5 heteroatoms. The summed E-state index contributed by atoms with van der Waals surface area (Å²) in [5.41, 5.74) is 8.33. The van der Waals surface area contributed by atoms with Crippen molar-refractivity contribution >= 4 is 40.2 Å². The van der Waals surface area contributed by atoms with Crippen molar-refractivity contribution in [1.29, 1.82) is 0 Å². The summed E-state index contributed by atoms with van der Waals surface area (Å²) >= 11 is 11.1. The lowest BCUT2D eigenvalue weighted by atomic mass is 10.1. The zero-order chi connectivity index (χ0) is 14.7. The maximum absolute atomic E-state index is 6.01. The van der Waals surface area contributed by atoms with Crippen LogP contribution in [-0.2, 0) is 0 Å². The lowest BCUT2D eigenvalue weighted by molar-refractivity contribution is 0.415. The van der Waals surface area contributed by atoms with Gasteiger partial charge in [0.25, 0.3) is 0 Å². The van der Waals surface area contributed by atoms with E-state index in [4.69, 9.17) is 34.3 Å². The molecule has 3 nitrogen and oxygen atoms in total. The van der Waals surface area contributed by atoms with Crippen LogP contribution < -0.4 is 15.4 Å². The number of methoxy groups -OCH3 is 1. The number of halogens is 1. The highest BCUT2D eigenvalue weighted by Gasteiger charge is 2.14. The van der Waals surface area contributed by atoms with Crippen LogP contribution in [0.1, 0.15) is 5.56 Å². The van der Waals surface area contributed by atoms with Gasteiger partial charge in [0, 0.05) is 17.6 Å². The van der Waals surface area contributed by atoms with E-state index >= 15 is 0 Å². The fourth-order valence-corrected chi connectivity index (χ4v) is 2.37. The number of ether oxygens (including phenoxy) is 1. The quantitative estimate of drug-likeness (QED) is 0.873. The molecule has 2 rings (SSSR count). The third-order valence-electron chi connectivity index (χ3n) is 3.03. The molecule has 0 aliphatic heterocycles. The van der Waals surface area contributed by atoms with E-state index in [1.807, 2.05) is 48.3 Å². The zero-order valence-electron chi connectivity index (χ0n) is 11.3. The number of hydrogen-bond acceptors (Lipinski definition) is 3. The summed E-state index contributed by atoms with van der Waals surface area (Å²) < 4.78 is 5.38. The van der Waals surface area contributed by atoms with Crippen molar-refractivity contribution in [1.82, 2.24) is 0 Å². The minimum Gasteiger partial charge on any atom is -0.495 e. The van der Waals surface area contributed by atoms with Crippen LogP contribution in [-0.4, -0.2) is 19.1 Å². The fourth-order valence-electron chi connectivity index (χ4n) is 2.03. The second kappa shape index (κ2) is 6.11. The Morgan fingerprint density at radius 1 is 1.20 bits per heavy atom. The van der Waals surface area contributed by atoms with Gasteiger partial charge in [-0.1, -0.05) is 36.0 Å². The second-order valence-corrected chi connectivity index (χ2v) is 5.13. The van der Waals surface area contributed by atoms with Crippen LogP contribution in [0.3, 0.4) is 0 Å². The summed E-state index contributed by atoms with van der Waals surface area (Å²) in [5, 5.41) is 0.602. The van der Waals surface area contributed by atoms with Crippen LogP contribution in [0, 0.1) is 0 Å². The van der Waals surface area contributed by atoms with Gasteiger partial charge >= 0.3 is 0 Å². The van der Waals surface area contributed by atoms with Crippen LogP contribution in [0.4, 0.5) is 11.4 Å². The summed E-state index contributed by atoms with van der Waals surface area (Å²) in [6.07, 6.45) is 0. The Morgan fingerprint density at radius 2 is 1.90 bits per heavy atom. The lowest BCUT2D eigenvalue weighted by Gasteiger charge is -2.24. The van der Waals surface area contributed by atoms with Crippen molar-refractivity contribution in [3.8, 4) is 5.75 Å². The van der Waals surface area contributed by atoms with Gasteiger partial charge < -0.3 is 15.4 Å². The number of nitrogens with zero attached hydrogens (tertiary/aromatic N) is 1. The maximum Gasteiger partial charge on any atom is 0.142 e. The van der Waals surface area contributed by atoms with E-state index in [1.54, 1.807) is 13.2 Å². The third kappa shape index (κ3) is 2.86. The molecule has 0 atom stereocenters. The highest BCUT2D eigenvalue weighted by molar-refractivity contribution is 7.80. The predicted molar refractivity (Wildman–Crippen MR) is 88.4 cm³/mol. The van der Waals surface area contributed by atoms with Gasteiger partial charge in [0.05, 0.1) is 18.5 Å². The van der Waals surface area contributed by atoms with Gasteiger partial charge in [0.15, 0.2) is 0 Å². The summed E-state index contributed by atoms with van der Waals surface area (Å²) in [4.78, 5) is 2.29. The molecule has 2 aromatic rings. The van der Waals surface area contributed by atoms with Gasteiger partial charge in [-0.15, -0.1) is 0 Å². The smallest absolute Gasteiger partial charge is 0.142 e. The van der Waals surface area contributed by atoms with Crippen LogP contribution in [0.5, 0.6) is 5.75 Å². The molecule has 0 saturated heterocycles. The number of benzene rings is 2. The number of nitrogens with two attached hydrogens (primary N) is 1. The molecule has 2 aromatic carbocycles. The number of hydrogen-bond donors (Lipinski definition) is 1. The van der Waals surface area contributed by atoms with Crippen molar-refractivity contribution < 1.29 is 4.74 Å². The Hall–Kier alpha value is -1.78. The maximum atomic E-state index is 6.01. The normalized spacial score (nSPS) is 10.2. The molecule has 0 heterocycles. The van der Waals surface area contributed by atoms with Crippen molar-refractivity contribution in [2.24, 2.45) is 5.73 Å². The molecule has 20 heavy (non-hydrogen) atoms. The van der Waals surface area contributed by atoms with E-state index in [-0.39, 0.29) is 0 Å². The number of rotatable bonds is 4. The van der Waals surface area contributed by atoms with Gasteiger partial charge in [-0.25, -0.2) is 0 Å². The monoisotopic (exact) mass is 306 g/mol. The number of para-hydroxylation sites is 2. The van der Waals surface area contributed by atoms with Gasteiger partial charge in [-0.05, 0) is 30.3 Å². The first kappa shape index (κ1) is 14.6. The first-order valence-corrected chi connectivity index (χ1v) is 6.79. The Balaban J connectivity index is 2.53. The molecular weight excluding hydrogens is 292 g/mol. The van der Waals surface area contributed by atoms with Gasteiger partial charge in [0.2, 0.25) is 0 Å². The molecule has 0 unspecified atom stereocenters. The first-order valence-electron chi connectivity index (χ1n) is 6.00. The Morgan fingerprint density at radius 3 is 2.55 bits per heavy atom. The highest BCUT2D eigenvalue weighted by Crippen LogP contribution is 2.34. The topological polar surface area (TPSA) is 38.5 Å². The van der Waals surface area contributed by atoms with Crippen LogP contribution >= 0.6 is 23.8 Å². The molecule has 2 N–H and O–H groups in total. The van der Waals surface area contributed by atoms with E-state index in [1.165, 1.54) is 0 Å². The van der Waals surface area contributed by atoms with E-state index < -0.39 is 0 Å². The van der Waals surface area contributed by atoms with E-state index in [0.29, 0.717) is 10.0 Å². The Kier molecular flexibility index (Phi) is 4.47. The molecule has 0 bridgehead atoms. The van der Waals surface area contributed by atoms with Crippen molar-refractivity contribution in [3.63, 3.8) is 0 Å². The van der Waals surface area contributed by atoms with Gasteiger partial charge in [0.1, 0.15) is 10.7 Å². The third-order valence-corrected chi connectivity index (χ3v) is 3.49. The largest absolute Gasteiger partial charge is 0.495 e. The van der Waals surface area contributed by atoms with Crippen molar-refractivity contribution in [2.45, 2.75) is 0 Å². The Bertz CT molecular complexity index is 646. The first-order chi connectivity index (χ1) is 9.54. The lowest BCUT2D eigenvalue weighted by Crippen LogP contribution is -2.18. The molecule has 104 valence electrons. The molecule has 0 radical (unpaired) electrons. The van der Waals surface area contributed by atoms with Gasteiger partial charge in [-0.2, -0.15) is 0 Å². The minimum absolute atomic E-state index is 0.309. The summed E-state index contributed by atoms with van der Waals surface area (Å²) in [5.74, 6) is 0.777. The predicted octanol–water partition coefficient (Wildman–Crippen LogP) is 3.75. The molecule has 0 aliphatic carbocycles. The molecular formula is C15H15ClN2OS. The molecule has 0 fully saturated rings. The van der Waals surface area contributed by atoms with E-state index in [0.717, 1.165) is 22.7 Å². The summed E-state index contributed by atoms with van der Waals surface area (Å²) in [6.45, 7) is 0. The molecule has 0 amide bonds. The fraction of sp³-hybridized carbons (Fsp3) is 0.133. The zero-order valence-corrected chi connectivity index (χ0v) is 12.8. The summed E-state index contributed by atoms with van der Waals surface area (Å²) in [6, 6.07) is 13.2. The Labute approximate surface area is 128 Å². The number of thiocarbonyl (C=S) groups is 1. The minimum atomic E-state index is 0.309. The standard InChI is InChI=1S/C15H15ClN2OS/c1-18(13-5-3-4-6-14(13)19-2)12-8-7-10(16)9-11(12)15(17)20/h3-9H,1-2H3,(H2,17,20). The van der Waals surface area contributed by atoms with E-state index in [9.17, 15) is 0 Å². The van der Waals surface area contributed by atoms with Crippen LogP contribution in [0.15, 0.2) is 42.5 Å². The molecule has 0 spiro atoms. The van der Waals surface area contributed by atoms with E-state index in [2.05, 4.69) is 0 Å². The molecule has 0 aliphatic rings. The average Bonchev–Trinajstić information content (AvgIpc) is 2.46. The van der Waals surface area contributed by atoms with Gasteiger partial charge in [-0.3, -0.25) is 0 Å². The average molecular weight is 307 g/mol. The second-order valence-electron chi connectivity index (χ2n) is 4.26. The van der Waals surface area contributed by atoms with Crippen molar-refractivity contribution in [2.75, 3.05) is 19.1 Å². The highest BCUT2D eigenvalue weighted by atomic mass is 35.5. The SMILES string of the molecule is COc1ccccc1N(C)c1ccc(Cl)cc1C(N)=S. The van der Waals surface area contributed by atoms with Crippen LogP contribution in [0.2, 0.25) is 5.02 Å². The number of anilines is 2. The molecule has 0 aromatic heterocycles. The molecule has 0 saturated carbocycles.